The summed E-state index contributed by atoms with van der Waals surface area (Å²) in [5, 5.41) is 5.59. The number of aryl methyl sites for hydroxylation is 2. The van der Waals surface area contributed by atoms with Crippen LogP contribution in [-0.4, -0.2) is 23.4 Å². The van der Waals surface area contributed by atoms with Gasteiger partial charge in [-0.3, -0.25) is 14.6 Å². The summed E-state index contributed by atoms with van der Waals surface area (Å²) in [5.41, 5.74) is 3.81. The van der Waals surface area contributed by atoms with E-state index in [-0.39, 0.29) is 18.4 Å². The molecular weight excluding hydrogens is 366 g/mol. The van der Waals surface area contributed by atoms with Crippen LogP contribution in [0.15, 0.2) is 67.0 Å². The standard InChI is InChI=1S/C23H23N3O3/c1-16-9-10-21(17(2)12-16)29-15-22(27)26-20-8-4-3-7-19(20)23(28)25-14-18-6-5-11-24-13-18/h3-13H,14-15H2,1-2H3,(H,25,28)(H,26,27). The van der Waals surface area contributed by atoms with Gasteiger partial charge in [-0.25, -0.2) is 0 Å². The number of anilines is 1. The van der Waals surface area contributed by atoms with Crippen LogP contribution in [0, 0.1) is 13.8 Å². The maximum Gasteiger partial charge on any atom is 0.262 e. The fraction of sp³-hybridized carbons (Fsp3) is 0.174. The van der Waals surface area contributed by atoms with Crippen LogP contribution in [0.2, 0.25) is 0 Å². The van der Waals surface area contributed by atoms with E-state index in [0.29, 0.717) is 23.5 Å². The first-order valence-electron chi connectivity index (χ1n) is 9.29. The Bertz CT molecular complexity index is 1000. The third kappa shape index (κ3) is 5.65. The van der Waals surface area contributed by atoms with Crippen molar-refractivity contribution in [2.45, 2.75) is 20.4 Å². The topological polar surface area (TPSA) is 80.3 Å². The van der Waals surface area contributed by atoms with Gasteiger partial charge in [0.25, 0.3) is 11.8 Å². The quantitative estimate of drug-likeness (QED) is 0.646. The van der Waals surface area contributed by atoms with E-state index in [2.05, 4.69) is 15.6 Å². The number of pyridine rings is 1. The molecule has 0 unspecified atom stereocenters. The average molecular weight is 389 g/mol. The summed E-state index contributed by atoms with van der Waals surface area (Å²) >= 11 is 0. The molecule has 0 fully saturated rings. The molecule has 0 aliphatic heterocycles. The van der Waals surface area contributed by atoms with Crippen molar-refractivity contribution < 1.29 is 14.3 Å². The van der Waals surface area contributed by atoms with E-state index in [1.807, 2.05) is 44.2 Å². The highest BCUT2D eigenvalue weighted by Crippen LogP contribution is 2.19. The van der Waals surface area contributed by atoms with Crippen molar-refractivity contribution in [2.75, 3.05) is 11.9 Å². The summed E-state index contributed by atoms with van der Waals surface area (Å²) in [4.78, 5) is 28.9. The molecule has 6 heteroatoms. The van der Waals surface area contributed by atoms with Crippen molar-refractivity contribution in [1.29, 1.82) is 0 Å². The van der Waals surface area contributed by atoms with Gasteiger partial charge in [0.15, 0.2) is 6.61 Å². The van der Waals surface area contributed by atoms with E-state index in [1.165, 1.54) is 0 Å². The minimum Gasteiger partial charge on any atom is -0.483 e. The second kappa shape index (κ2) is 9.50. The van der Waals surface area contributed by atoms with Crippen LogP contribution in [-0.2, 0) is 11.3 Å². The monoisotopic (exact) mass is 389 g/mol. The van der Waals surface area contributed by atoms with Gasteiger partial charge in [0, 0.05) is 18.9 Å². The Balaban J connectivity index is 1.60. The number of carbonyl (C=O) groups excluding carboxylic acids is 2. The Morgan fingerprint density at radius 1 is 1.03 bits per heavy atom. The largest absolute Gasteiger partial charge is 0.483 e. The molecule has 2 N–H and O–H groups in total. The zero-order chi connectivity index (χ0) is 20.6. The summed E-state index contributed by atoms with van der Waals surface area (Å²) in [7, 11) is 0. The number of carbonyl (C=O) groups is 2. The summed E-state index contributed by atoms with van der Waals surface area (Å²) < 4.78 is 5.61. The molecule has 3 aromatic rings. The van der Waals surface area contributed by atoms with Crippen LogP contribution in [0.3, 0.4) is 0 Å². The van der Waals surface area contributed by atoms with Gasteiger partial charge in [-0.1, -0.05) is 35.9 Å². The minimum absolute atomic E-state index is 0.143. The van der Waals surface area contributed by atoms with E-state index in [4.69, 9.17) is 4.74 Å². The summed E-state index contributed by atoms with van der Waals surface area (Å²) in [6.45, 7) is 4.14. The Morgan fingerprint density at radius 3 is 2.62 bits per heavy atom. The van der Waals surface area contributed by atoms with Gasteiger partial charge in [0.05, 0.1) is 11.3 Å². The molecule has 0 saturated heterocycles. The van der Waals surface area contributed by atoms with E-state index < -0.39 is 0 Å². The number of hydrogen-bond acceptors (Lipinski definition) is 4. The summed E-state index contributed by atoms with van der Waals surface area (Å²) in [6.07, 6.45) is 3.37. The van der Waals surface area contributed by atoms with Crippen molar-refractivity contribution in [2.24, 2.45) is 0 Å². The zero-order valence-corrected chi connectivity index (χ0v) is 16.4. The van der Waals surface area contributed by atoms with Crippen molar-refractivity contribution >= 4 is 17.5 Å². The number of nitrogens with one attached hydrogen (secondary N) is 2. The molecule has 1 heterocycles. The number of rotatable bonds is 7. The first kappa shape index (κ1) is 20.1. The molecule has 2 aromatic carbocycles. The van der Waals surface area contributed by atoms with E-state index in [1.54, 1.807) is 36.7 Å². The maximum atomic E-state index is 12.6. The number of para-hydroxylation sites is 1. The zero-order valence-electron chi connectivity index (χ0n) is 16.4. The van der Waals surface area contributed by atoms with Crippen molar-refractivity contribution in [3.63, 3.8) is 0 Å². The lowest BCUT2D eigenvalue weighted by molar-refractivity contribution is -0.118. The molecule has 0 aliphatic rings. The molecule has 6 nitrogen and oxygen atoms in total. The fourth-order valence-corrected chi connectivity index (χ4v) is 2.86. The minimum atomic E-state index is -0.336. The van der Waals surface area contributed by atoms with E-state index >= 15 is 0 Å². The van der Waals surface area contributed by atoms with Crippen molar-refractivity contribution in [3.8, 4) is 5.75 Å². The molecule has 0 spiro atoms. The molecule has 1 aromatic heterocycles. The molecule has 29 heavy (non-hydrogen) atoms. The van der Waals surface area contributed by atoms with Crippen LogP contribution in [0.1, 0.15) is 27.0 Å². The molecular formula is C23H23N3O3. The molecule has 3 rings (SSSR count). The maximum absolute atomic E-state index is 12.6. The van der Waals surface area contributed by atoms with Crippen molar-refractivity contribution in [1.82, 2.24) is 10.3 Å². The third-order valence-electron chi connectivity index (χ3n) is 4.31. The summed E-state index contributed by atoms with van der Waals surface area (Å²) in [6, 6.07) is 16.3. The number of hydrogen-bond donors (Lipinski definition) is 2. The highest BCUT2D eigenvalue weighted by atomic mass is 16.5. The van der Waals surface area contributed by atoms with Gasteiger partial charge in [-0.15, -0.1) is 0 Å². The molecule has 148 valence electrons. The van der Waals surface area contributed by atoms with Crippen LogP contribution in [0.4, 0.5) is 5.69 Å². The van der Waals surface area contributed by atoms with Crippen LogP contribution >= 0.6 is 0 Å². The van der Waals surface area contributed by atoms with Crippen LogP contribution in [0.5, 0.6) is 5.75 Å². The molecule has 2 amide bonds. The Morgan fingerprint density at radius 2 is 1.86 bits per heavy atom. The smallest absolute Gasteiger partial charge is 0.262 e. The lowest BCUT2D eigenvalue weighted by atomic mass is 10.1. The van der Waals surface area contributed by atoms with E-state index in [0.717, 1.165) is 16.7 Å². The van der Waals surface area contributed by atoms with Gasteiger partial charge >= 0.3 is 0 Å². The van der Waals surface area contributed by atoms with Gasteiger partial charge in [0.2, 0.25) is 0 Å². The fourth-order valence-electron chi connectivity index (χ4n) is 2.86. The third-order valence-corrected chi connectivity index (χ3v) is 4.31. The average Bonchev–Trinajstić information content (AvgIpc) is 2.72. The Labute approximate surface area is 169 Å². The number of ether oxygens (including phenoxy) is 1. The Hall–Kier alpha value is -3.67. The first-order valence-corrected chi connectivity index (χ1v) is 9.29. The highest BCUT2D eigenvalue weighted by Gasteiger charge is 2.13. The number of nitrogens with zero attached hydrogens (tertiary/aromatic N) is 1. The van der Waals surface area contributed by atoms with Gasteiger partial charge < -0.3 is 15.4 Å². The number of amides is 2. The SMILES string of the molecule is Cc1ccc(OCC(=O)Nc2ccccc2C(=O)NCc2cccnc2)c(C)c1. The second-order valence-electron chi connectivity index (χ2n) is 6.70. The number of aromatic nitrogens is 1. The molecule has 0 atom stereocenters. The number of benzene rings is 2. The summed E-state index contributed by atoms with van der Waals surface area (Å²) in [5.74, 6) is 0.0470. The highest BCUT2D eigenvalue weighted by molar-refractivity contribution is 6.04. The lowest BCUT2D eigenvalue weighted by Crippen LogP contribution is -2.26. The van der Waals surface area contributed by atoms with E-state index in [9.17, 15) is 9.59 Å². The van der Waals surface area contributed by atoms with Crippen molar-refractivity contribution in [3.05, 3.63) is 89.2 Å². The molecule has 0 radical (unpaired) electrons. The first-order chi connectivity index (χ1) is 14.0. The van der Waals surface area contributed by atoms with Crippen LogP contribution < -0.4 is 15.4 Å². The predicted molar refractivity (Wildman–Crippen MR) is 112 cm³/mol. The lowest BCUT2D eigenvalue weighted by Gasteiger charge is -2.13. The van der Waals surface area contributed by atoms with Gasteiger partial charge in [-0.2, -0.15) is 0 Å². The second-order valence-corrected chi connectivity index (χ2v) is 6.70. The molecule has 0 saturated carbocycles. The van der Waals surface area contributed by atoms with Crippen LogP contribution in [0.25, 0.3) is 0 Å². The van der Waals surface area contributed by atoms with Gasteiger partial charge in [-0.05, 0) is 49.2 Å². The molecule has 0 bridgehead atoms. The Kier molecular flexibility index (Phi) is 6.58. The molecule has 0 aliphatic carbocycles. The normalized spacial score (nSPS) is 10.3. The van der Waals surface area contributed by atoms with Gasteiger partial charge in [0.1, 0.15) is 5.75 Å². The predicted octanol–water partition coefficient (Wildman–Crippen LogP) is 3.65.